The lowest BCUT2D eigenvalue weighted by Gasteiger charge is -2.12. The van der Waals surface area contributed by atoms with Crippen LogP contribution < -0.4 is 5.73 Å². The zero-order chi connectivity index (χ0) is 11.7. The maximum absolute atomic E-state index is 6.20. The van der Waals surface area contributed by atoms with E-state index in [1.165, 1.54) is 0 Å². The minimum absolute atomic E-state index is 0.0714. The van der Waals surface area contributed by atoms with E-state index in [9.17, 15) is 0 Å². The second kappa shape index (κ2) is 4.73. The molecule has 1 aromatic carbocycles. The van der Waals surface area contributed by atoms with Crippen LogP contribution in [0.5, 0.6) is 0 Å². The van der Waals surface area contributed by atoms with Crippen molar-refractivity contribution in [3.05, 3.63) is 45.0 Å². The van der Waals surface area contributed by atoms with Crippen molar-refractivity contribution in [2.45, 2.75) is 13.0 Å². The zero-order valence-electron chi connectivity index (χ0n) is 8.69. The summed E-state index contributed by atoms with van der Waals surface area (Å²) in [6.07, 6.45) is 3.49. The quantitative estimate of drug-likeness (QED) is 0.848. The van der Waals surface area contributed by atoms with Gasteiger partial charge in [-0.15, -0.1) is 0 Å². The van der Waals surface area contributed by atoms with Gasteiger partial charge in [-0.1, -0.05) is 11.6 Å². The largest absolute Gasteiger partial charge is 0.323 e. The highest BCUT2D eigenvalue weighted by Crippen LogP contribution is 2.25. The Morgan fingerprint density at radius 1 is 1.50 bits per heavy atom. The normalized spacial score (nSPS) is 12.8. The van der Waals surface area contributed by atoms with Crippen molar-refractivity contribution in [3.63, 3.8) is 0 Å². The molecule has 2 rings (SSSR count). The van der Waals surface area contributed by atoms with E-state index >= 15 is 0 Å². The first kappa shape index (κ1) is 11.9. The number of hydrogen-bond donors (Lipinski definition) is 1. The molecule has 0 spiro atoms. The number of benzene rings is 1. The Labute approximate surface area is 113 Å². The average Bonchev–Trinajstić information content (AvgIpc) is 2.66. The predicted octanol–water partition coefficient (Wildman–Crippen LogP) is 3.15. The van der Waals surface area contributed by atoms with Crippen LogP contribution in [-0.4, -0.2) is 9.55 Å². The van der Waals surface area contributed by atoms with Gasteiger partial charge in [-0.05, 0) is 47.7 Å². The maximum Gasteiger partial charge on any atom is 0.0995 e. The number of imidazole rings is 1. The zero-order valence-corrected chi connectivity index (χ0v) is 11.6. The highest BCUT2D eigenvalue weighted by atomic mass is 127. The molecule has 0 saturated carbocycles. The van der Waals surface area contributed by atoms with Gasteiger partial charge >= 0.3 is 0 Å². The number of aromatic nitrogens is 2. The molecular formula is C11H11ClIN3. The molecule has 1 unspecified atom stereocenters. The summed E-state index contributed by atoms with van der Waals surface area (Å²) in [5.41, 5.74) is 7.73. The fourth-order valence-electron chi connectivity index (χ4n) is 1.52. The van der Waals surface area contributed by atoms with Crippen molar-refractivity contribution in [2.75, 3.05) is 0 Å². The van der Waals surface area contributed by atoms with Crippen LogP contribution in [0, 0.1) is 3.57 Å². The van der Waals surface area contributed by atoms with Crippen LogP contribution >= 0.6 is 34.2 Å². The molecule has 0 amide bonds. The second-order valence-electron chi connectivity index (χ2n) is 3.57. The van der Waals surface area contributed by atoms with Gasteiger partial charge in [0.05, 0.1) is 28.9 Å². The summed E-state index contributed by atoms with van der Waals surface area (Å²) < 4.78 is 3.03. The molecule has 0 bridgehead atoms. The van der Waals surface area contributed by atoms with Crippen LogP contribution in [0.15, 0.2) is 30.7 Å². The standard InChI is InChI=1S/C11H11ClIN3/c1-7(14)11-5-15-6-16(11)10-3-2-8(13)4-9(10)12/h2-7H,14H2,1H3. The SMILES string of the molecule is CC(N)c1cncn1-c1ccc(I)cc1Cl. The summed E-state index contributed by atoms with van der Waals surface area (Å²) in [7, 11) is 0. The molecule has 5 heteroatoms. The number of nitrogens with two attached hydrogens (primary N) is 1. The van der Waals surface area contributed by atoms with E-state index in [0.717, 1.165) is 15.0 Å². The number of rotatable bonds is 2. The lowest BCUT2D eigenvalue weighted by Crippen LogP contribution is -2.10. The van der Waals surface area contributed by atoms with Gasteiger partial charge in [-0.25, -0.2) is 4.98 Å². The van der Waals surface area contributed by atoms with Gasteiger partial charge in [0, 0.05) is 9.61 Å². The van der Waals surface area contributed by atoms with Crippen molar-refractivity contribution >= 4 is 34.2 Å². The van der Waals surface area contributed by atoms with Gasteiger partial charge in [0.2, 0.25) is 0 Å². The minimum atomic E-state index is -0.0714. The van der Waals surface area contributed by atoms with Crippen LogP contribution in [-0.2, 0) is 0 Å². The van der Waals surface area contributed by atoms with E-state index < -0.39 is 0 Å². The minimum Gasteiger partial charge on any atom is -0.323 e. The van der Waals surface area contributed by atoms with Crippen molar-refractivity contribution < 1.29 is 0 Å². The summed E-state index contributed by atoms with van der Waals surface area (Å²) in [5.74, 6) is 0. The third-order valence-electron chi connectivity index (χ3n) is 2.30. The molecule has 0 aliphatic rings. The molecule has 2 aromatic rings. The monoisotopic (exact) mass is 347 g/mol. The van der Waals surface area contributed by atoms with Crippen molar-refractivity contribution in [3.8, 4) is 5.69 Å². The Balaban J connectivity index is 2.54. The molecule has 2 N–H and O–H groups in total. The van der Waals surface area contributed by atoms with Gasteiger partial charge in [0.15, 0.2) is 0 Å². The molecule has 0 saturated heterocycles. The van der Waals surface area contributed by atoms with Crippen LogP contribution in [0.3, 0.4) is 0 Å². The van der Waals surface area contributed by atoms with E-state index in [-0.39, 0.29) is 6.04 Å². The molecule has 1 aromatic heterocycles. The van der Waals surface area contributed by atoms with Crippen molar-refractivity contribution in [1.82, 2.24) is 9.55 Å². The van der Waals surface area contributed by atoms with E-state index in [1.807, 2.05) is 29.7 Å². The summed E-state index contributed by atoms with van der Waals surface area (Å²) in [4.78, 5) is 4.11. The predicted molar refractivity (Wildman–Crippen MR) is 73.9 cm³/mol. The first-order valence-electron chi connectivity index (χ1n) is 4.83. The lowest BCUT2D eigenvalue weighted by molar-refractivity contribution is 0.752. The van der Waals surface area contributed by atoms with Crippen LogP contribution in [0.25, 0.3) is 5.69 Å². The van der Waals surface area contributed by atoms with Crippen LogP contribution in [0.4, 0.5) is 0 Å². The molecule has 0 radical (unpaired) electrons. The molecule has 0 aliphatic heterocycles. The van der Waals surface area contributed by atoms with Crippen molar-refractivity contribution in [2.24, 2.45) is 5.73 Å². The molecule has 0 aliphatic carbocycles. The van der Waals surface area contributed by atoms with Crippen LogP contribution in [0.2, 0.25) is 5.02 Å². The first-order chi connectivity index (χ1) is 7.59. The van der Waals surface area contributed by atoms with Crippen molar-refractivity contribution in [1.29, 1.82) is 0 Å². The topological polar surface area (TPSA) is 43.8 Å². The molecule has 1 heterocycles. The number of hydrogen-bond acceptors (Lipinski definition) is 2. The van der Waals surface area contributed by atoms with Gasteiger partial charge < -0.3 is 10.3 Å². The third-order valence-corrected chi connectivity index (χ3v) is 3.28. The summed E-state index contributed by atoms with van der Waals surface area (Å²) in [6, 6.07) is 5.82. The average molecular weight is 348 g/mol. The van der Waals surface area contributed by atoms with Gasteiger partial charge in [0.25, 0.3) is 0 Å². The van der Waals surface area contributed by atoms with Gasteiger partial charge in [-0.2, -0.15) is 0 Å². The fourth-order valence-corrected chi connectivity index (χ4v) is 2.47. The summed E-state index contributed by atoms with van der Waals surface area (Å²) in [6.45, 7) is 1.92. The maximum atomic E-state index is 6.20. The van der Waals surface area contributed by atoms with E-state index in [4.69, 9.17) is 17.3 Å². The molecule has 0 fully saturated rings. The first-order valence-corrected chi connectivity index (χ1v) is 6.28. The molecule has 1 atom stereocenters. The smallest absolute Gasteiger partial charge is 0.0995 e. The summed E-state index contributed by atoms with van der Waals surface area (Å²) in [5, 5.41) is 0.701. The second-order valence-corrected chi connectivity index (χ2v) is 5.23. The van der Waals surface area contributed by atoms with E-state index in [2.05, 4.69) is 27.6 Å². The Hall–Kier alpha value is -0.590. The third kappa shape index (κ3) is 2.23. The van der Waals surface area contributed by atoms with E-state index in [0.29, 0.717) is 5.02 Å². The Morgan fingerprint density at radius 3 is 2.88 bits per heavy atom. The Morgan fingerprint density at radius 2 is 2.25 bits per heavy atom. The Bertz CT molecular complexity index is 508. The molecule has 16 heavy (non-hydrogen) atoms. The van der Waals surface area contributed by atoms with E-state index in [1.54, 1.807) is 12.5 Å². The summed E-state index contributed by atoms with van der Waals surface area (Å²) >= 11 is 8.43. The fraction of sp³-hybridized carbons (Fsp3) is 0.182. The highest BCUT2D eigenvalue weighted by molar-refractivity contribution is 14.1. The molecule has 84 valence electrons. The molecule has 3 nitrogen and oxygen atoms in total. The van der Waals surface area contributed by atoms with Crippen LogP contribution in [0.1, 0.15) is 18.7 Å². The van der Waals surface area contributed by atoms with Gasteiger partial charge in [-0.3, -0.25) is 0 Å². The number of halogens is 2. The molecular weight excluding hydrogens is 336 g/mol. The number of nitrogens with zero attached hydrogens (tertiary/aromatic N) is 2. The lowest BCUT2D eigenvalue weighted by atomic mass is 10.2. The van der Waals surface area contributed by atoms with Gasteiger partial charge in [0.1, 0.15) is 0 Å². The highest BCUT2D eigenvalue weighted by Gasteiger charge is 2.10. The Kier molecular flexibility index (Phi) is 3.51.